The molecule has 0 aromatic heterocycles. The molecule has 1 nitrogen and oxygen atoms in total. The molecule has 3 heteroatoms. The van der Waals surface area contributed by atoms with Crippen LogP contribution in [0.25, 0.3) is 0 Å². The lowest BCUT2D eigenvalue weighted by atomic mass is 9.69. The summed E-state index contributed by atoms with van der Waals surface area (Å²) in [7, 11) is 0. The monoisotopic (exact) mass is 272 g/mol. The molecule has 15 heavy (non-hydrogen) atoms. The number of alkyl halides is 1. The van der Waals surface area contributed by atoms with Gasteiger partial charge in [-0.15, -0.1) is 0 Å². The lowest BCUT2D eigenvalue weighted by molar-refractivity contribution is -0.00796. The minimum Gasteiger partial charge on any atom is -0.490 e. The highest BCUT2D eigenvalue weighted by molar-refractivity contribution is 9.09. The normalized spacial score (nSPS) is 28.3. The summed E-state index contributed by atoms with van der Waals surface area (Å²) in [6, 6.07) is 6.31. The molecule has 1 saturated carbocycles. The standard InChI is InChI=1S/C12H14BrFO/c1-12(2)10(13)7-11(12)15-9-5-3-4-8(14)6-9/h3-6,10-11H,7H2,1-2H3. The smallest absolute Gasteiger partial charge is 0.126 e. The van der Waals surface area contributed by atoms with Gasteiger partial charge in [0.2, 0.25) is 0 Å². The second-order valence-electron chi connectivity index (χ2n) is 4.59. The van der Waals surface area contributed by atoms with Crippen molar-refractivity contribution in [3.05, 3.63) is 30.1 Å². The zero-order chi connectivity index (χ0) is 11.1. The third-order valence-electron chi connectivity index (χ3n) is 3.13. The molecule has 0 amide bonds. The molecule has 0 heterocycles. The Morgan fingerprint density at radius 2 is 2.20 bits per heavy atom. The van der Waals surface area contributed by atoms with Crippen LogP contribution in [0.5, 0.6) is 5.75 Å². The van der Waals surface area contributed by atoms with Gasteiger partial charge in [0.05, 0.1) is 0 Å². The summed E-state index contributed by atoms with van der Waals surface area (Å²) in [6.45, 7) is 4.31. The molecule has 0 spiro atoms. The molecule has 0 radical (unpaired) electrons. The molecule has 82 valence electrons. The van der Waals surface area contributed by atoms with E-state index in [9.17, 15) is 4.39 Å². The summed E-state index contributed by atoms with van der Waals surface area (Å²) in [5.41, 5.74) is 0.117. The van der Waals surface area contributed by atoms with Gasteiger partial charge in [0.15, 0.2) is 0 Å². The van der Waals surface area contributed by atoms with E-state index in [0.29, 0.717) is 10.6 Å². The zero-order valence-electron chi connectivity index (χ0n) is 8.84. The Balaban J connectivity index is 2.05. The first kappa shape index (κ1) is 10.9. The van der Waals surface area contributed by atoms with Crippen LogP contribution in [-0.4, -0.2) is 10.9 Å². The van der Waals surface area contributed by atoms with Crippen LogP contribution in [0.4, 0.5) is 4.39 Å². The molecule has 1 aliphatic carbocycles. The molecule has 0 saturated heterocycles. The van der Waals surface area contributed by atoms with Crippen LogP contribution < -0.4 is 4.74 Å². The number of ether oxygens (including phenoxy) is 1. The molecular formula is C12H14BrFO. The molecular weight excluding hydrogens is 259 g/mol. The molecule has 2 unspecified atom stereocenters. The van der Waals surface area contributed by atoms with Crippen LogP contribution in [0.15, 0.2) is 24.3 Å². The first-order chi connectivity index (χ1) is 7.00. The minimum absolute atomic E-state index is 0.117. The Kier molecular flexibility index (Phi) is 2.75. The van der Waals surface area contributed by atoms with Crippen molar-refractivity contribution in [3.8, 4) is 5.75 Å². The van der Waals surface area contributed by atoms with E-state index in [1.54, 1.807) is 12.1 Å². The summed E-state index contributed by atoms with van der Waals surface area (Å²) in [4.78, 5) is 0.489. The van der Waals surface area contributed by atoms with Crippen LogP contribution in [0.1, 0.15) is 20.3 Å². The molecule has 1 aromatic rings. The number of benzene rings is 1. The van der Waals surface area contributed by atoms with Crippen molar-refractivity contribution in [2.45, 2.75) is 31.2 Å². The summed E-state index contributed by atoms with van der Waals surface area (Å²) < 4.78 is 18.7. The Morgan fingerprint density at radius 3 is 2.73 bits per heavy atom. The first-order valence-electron chi connectivity index (χ1n) is 5.06. The molecule has 0 aliphatic heterocycles. The van der Waals surface area contributed by atoms with Gasteiger partial charge in [0.25, 0.3) is 0 Å². The van der Waals surface area contributed by atoms with Crippen molar-refractivity contribution in [3.63, 3.8) is 0 Å². The predicted octanol–water partition coefficient (Wildman–Crippen LogP) is 3.77. The number of halogens is 2. The summed E-state index contributed by atoms with van der Waals surface area (Å²) in [6.07, 6.45) is 1.15. The van der Waals surface area contributed by atoms with Gasteiger partial charge in [-0.05, 0) is 18.6 Å². The third-order valence-corrected chi connectivity index (χ3v) is 4.69. The fraction of sp³-hybridized carbons (Fsp3) is 0.500. The highest BCUT2D eigenvalue weighted by Crippen LogP contribution is 2.47. The Hall–Kier alpha value is -0.570. The van der Waals surface area contributed by atoms with Crippen molar-refractivity contribution < 1.29 is 9.13 Å². The number of rotatable bonds is 2. The summed E-state index contributed by atoms with van der Waals surface area (Å²) >= 11 is 3.60. The molecule has 2 atom stereocenters. The van der Waals surface area contributed by atoms with Crippen molar-refractivity contribution in [2.24, 2.45) is 5.41 Å². The van der Waals surface area contributed by atoms with Crippen LogP contribution in [0.3, 0.4) is 0 Å². The lowest BCUT2D eigenvalue weighted by Gasteiger charge is -2.48. The average molecular weight is 273 g/mol. The van der Waals surface area contributed by atoms with Gasteiger partial charge in [0.1, 0.15) is 17.7 Å². The van der Waals surface area contributed by atoms with E-state index >= 15 is 0 Å². The largest absolute Gasteiger partial charge is 0.490 e. The summed E-state index contributed by atoms with van der Waals surface area (Å²) in [5.74, 6) is 0.368. The fourth-order valence-electron chi connectivity index (χ4n) is 1.74. The number of hydrogen-bond acceptors (Lipinski definition) is 1. The Labute approximate surface area is 97.8 Å². The van der Waals surface area contributed by atoms with E-state index in [1.165, 1.54) is 12.1 Å². The van der Waals surface area contributed by atoms with Gasteiger partial charge in [-0.1, -0.05) is 35.8 Å². The van der Waals surface area contributed by atoms with E-state index in [-0.39, 0.29) is 17.3 Å². The third kappa shape index (κ3) is 2.03. The van der Waals surface area contributed by atoms with E-state index in [1.807, 2.05) is 0 Å². The number of hydrogen-bond donors (Lipinski definition) is 0. The maximum Gasteiger partial charge on any atom is 0.126 e. The molecule has 0 N–H and O–H groups in total. The van der Waals surface area contributed by atoms with Crippen molar-refractivity contribution in [1.29, 1.82) is 0 Å². The minimum atomic E-state index is -0.250. The Morgan fingerprint density at radius 1 is 1.47 bits per heavy atom. The van der Waals surface area contributed by atoms with Gasteiger partial charge in [-0.3, -0.25) is 0 Å². The molecule has 2 rings (SSSR count). The second-order valence-corrected chi connectivity index (χ2v) is 5.69. The van der Waals surface area contributed by atoms with Crippen LogP contribution in [0.2, 0.25) is 0 Å². The van der Waals surface area contributed by atoms with Crippen LogP contribution >= 0.6 is 15.9 Å². The molecule has 0 bridgehead atoms. The lowest BCUT2D eigenvalue weighted by Crippen LogP contribution is -2.53. The average Bonchev–Trinajstić information content (AvgIpc) is 2.17. The van der Waals surface area contributed by atoms with Crippen LogP contribution in [0, 0.1) is 11.2 Å². The highest BCUT2D eigenvalue weighted by atomic mass is 79.9. The maximum absolute atomic E-state index is 12.9. The first-order valence-corrected chi connectivity index (χ1v) is 5.98. The van der Waals surface area contributed by atoms with Crippen molar-refractivity contribution in [1.82, 2.24) is 0 Å². The van der Waals surface area contributed by atoms with E-state index in [2.05, 4.69) is 29.8 Å². The van der Waals surface area contributed by atoms with Gasteiger partial charge < -0.3 is 4.74 Å². The van der Waals surface area contributed by atoms with Gasteiger partial charge in [0, 0.05) is 16.3 Å². The zero-order valence-corrected chi connectivity index (χ0v) is 10.4. The predicted molar refractivity (Wildman–Crippen MR) is 61.9 cm³/mol. The molecule has 1 aliphatic rings. The second kappa shape index (κ2) is 3.78. The molecule has 1 aromatic carbocycles. The van der Waals surface area contributed by atoms with Crippen LogP contribution in [-0.2, 0) is 0 Å². The van der Waals surface area contributed by atoms with Gasteiger partial charge in [-0.25, -0.2) is 4.39 Å². The molecule has 1 fully saturated rings. The van der Waals surface area contributed by atoms with E-state index in [0.717, 1.165) is 6.42 Å². The van der Waals surface area contributed by atoms with Gasteiger partial charge in [-0.2, -0.15) is 0 Å². The SMILES string of the molecule is CC1(C)C(Br)CC1Oc1cccc(F)c1. The summed E-state index contributed by atoms with van der Waals surface area (Å²) in [5, 5.41) is 0. The quantitative estimate of drug-likeness (QED) is 0.745. The van der Waals surface area contributed by atoms with E-state index in [4.69, 9.17) is 4.74 Å². The Bertz CT molecular complexity index is 364. The van der Waals surface area contributed by atoms with Gasteiger partial charge >= 0.3 is 0 Å². The van der Waals surface area contributed by atoms with Crippen molar-refractivity contribution >= 4 is 15.9 Å². The fourth-order valence-corrected chi connectivity index (χ4v) is 2.38. The van der Waals surface area contributed by atoms with E-state index < -0.39 is 0 Å². The topological polar surface area (TPSA) is 9.23 Å². The van der Waals surface area contributed by atoms with Crippen molar-refractivity contribution in [2.75, 3.05) is 0 Å². The highest BCUT2D eigenvalue weighted by Gasteiger charge is 2.48. The maximum atomic E-state index is 12.9.